The second-order valence-electron chi connectivity index (χ2n) is 2.38. The van der Waals surface area contributed by atoms with E-state index in [0.29, 0.717) is 0 Å². The zero-order valence-electron chi connectivity index (χ0n) is 5.59. The Morgan fingerprint density at radius 3 is 1.38 bits per heavy atom. The van der Waals surface area contributed by atoms with E-state index >= 15 is 0 Å². The molecule has 0 heterocycles. The molecule has 0 spiro atoms. The summed E-state index contributed by atoms with van der Waals surface area (Å²) < 4.78 is 0. The first-order valence-corrected chi connectivity index (χ1v) is 5.50. The van der Waals surface area contributed by atoms with Gasteiger partial charge in [0.2, 0.25) is 0 Å². The van der Waals surface area contributed by atoms with E-state index in [0.717, 1.165) is 0 Å². The minimum absolute atomic E-state index is 0. The van der Waals surface area contributed by atoms with Crippen LogP contribution in [0.3, 0.4) is 0 Å². The molecular formula is C5H9BrMgSi. The Balaban J connectivity index is -0.000000125. The Bertz CT molecular complexity index is 79.4. The Kier molecular flexibility index (Phi) is 12.3. The van der Waals surface area contributed by atoms with Crippen LogP contribution in [0.1, 0.15) is 0 Å². The maximum absolute atomic E-state index is 6.67. The summed E-state index contributed by atoms with van der Waals surface area (Å²) in [5.41, 5.74) is 2.49. The summed E-state index contributed by atoms with van der Waals surface area (Å²) in [6, 6.07) is 0. The minimum Gasteiger partial charge on any atom is -1.00 e. The standard InChI is InChI=1S/C5H9Si.BrH.Mg/c1-5-6(2,3)4;;/h2-4H3;1H;/q-1;;+2/p-1. The fourth-order valence-corrected chi connectivity index (χ4v) is 0. The topological polar surface area (TPSA) is 0 Å². The van der Waals surface area contributed by atoms with Gasteiger partial charge in [0.1, 0.15) is 0 Å². The molecule has 0 saturated carbocycles. The van der Waals surface area contributed by atoms with E-state index < -0.39 is 8.07 Å². The molecule has 0 aliphatic heterocycles. The molecule has 0 N–H and O–H groups in total. The molecule has 0 saturated heterocycles. The summed E-state index contributed by atoms with van der Waals surface area (Å²) in [6.45, 7) is 6.25. The largest absolute Gasteiger partial charge is 2.00 e. The van der Waals surface area contributed by atoms with Gasteiger partial charge in [-0.3, -0.25) is 0 Å². The summed E-state index contributed by atoms with van der Waals surface area (Å²) in [5.74, 6) is 0. The molecule has 3 heteroatoms. The van der Waals surface area contributed by atoms with Gasteiger partial charge in [-0.1, -0.05) is 19.6 Å². The van der Waals surface area contributed by atoms with Crippen molar-refractivity contribution in [1.29, 1.82) is 0 Å². The molecule has 42 valence electrons. The monoisotopic (exact) mass is 200 g/mol. The van der Waals surface area contributed by atoms with E-state index in [4.69, 9.17) is 6.42 Å². The molecule has 0 aromatic rings. The first kappa shape index (κ1) is 16.0. The Morgan fingerprint density at radius 1 is 1.25 bits per heavy atom. The minimum atomic E-state index is -1.21. The summed E-state index contributed by atoms with van der Waals surface area (Å²) in [4.78, 5) is 0. The fraction of sp³-hybridized carbons (Fsp3) is 0.600. The van der Waals surface area contributed by atoms with E-state index in [1.165, 1.54) is 0 Å². The van der Waals surface area contributed by atoms with Gasteiger partial charge in [-0.25, -0.2) is 0 Å². The van der Waals surface area contributed by atoms with Crippen molar-refractivity contribution >= 4 is 31.1 Å². The predicted molar refractivity (Wildman–Crippen MR) is 36.2 cm³/mol. The van der Waals surface area contributed by atoms with E-state index in [9.17, 15) is 0 Å². The first-order chi connectivity index (χ1) is 2.56. The Hall–Kier alpha value is 1.02. The molecule has 0 radical (unpaired) electrons. The van der Waals surface area contributed by atoms with Gasteiger partial charge in [0.15, 0.2) is 0 Å². The normalized spacial score (nSPS) is 7.75. The van der Waals surface area contributed by atoms with Crippen molar-refractivity contribution in [3.05, 3.63) is 6.42 Å². The fourth-order valence-electron chi connectivity index (χ4n) is 0. The molecule has 0 rings (SSSR count). The third-order valence-corrected chi connectivity index (χ3v) is 1.12. The molecule has 0 aliphatic rings. The second kappa shape index (κ2) is 6.15. The van der Waals surface area contributed by atoms with Crippen LogP contribution < -0.4 is 17.0 Å². The number of hydrogen-bond acceptors (Lipinski definition) is 0. The number of rotatable bonds is 0. The molecule has 0 amide bonds. The third-order valence-electron chi connectivity index (χ3n) is 0.375. The molecule has 0 aliphatic carbocycles. The van der Waals surface area contributed by atoms with Gasteiger partial charge in [0, 0.05) is 0 Å². The zero-order chi connectivity index (χ0) is 5.21. The van der Waals surface area contributed by atoms with Crippen LogP contribution in [0, 0.1) is 12.0 Å². The van der Waals surface area contributed by atoms with Crippen molar-refractivity contribution < 1.29 is 17.0 Å². The van der Waals surface area contributed by atoms with Crippen LogP contribution in [-0.2, 0) is 0 Å². The molecular weight excluding hydrogens is 192 g/mol. The van der Waals surface area contributed by atoms with Gasteiger partial charge in [-0.05, 0) is 0 Å². The van der Waals surface area contributed by atoms with Gasteiger partial charge in [-0.2, -0.15) is 0 Å². The summed E-state index contributed by atoms with van der Waals surface area (Å²) in [5, 5.41) is 0. The van der Waals surface area contributed by atoms with Crippen LogP contribution >= 0.6 is 0 Å². The van der Waals surface area contributed by atoms with Crippen molar-refractivity contribution in [2.45, 2.75) is 19.6 Å². The van der Waals surface area contributed by atoms with Crippen LogP contribution in [-0.4, -0.2) is 31.1 Å². The molecule has 0 aromatic heterocycles. The molecule has 0 nitrogen and oxygen atoms in total. The predicted octanol–water partition coefficient (Wildman–Crippen LogP) is -1.92. The van der Waals surface area contributed by atoms with E-state index in [-0.39, 0.29) is 40.0 Å². The molecule has 0 fully saturated rings. The van der Waals surface area contributed by atoms with Crippen LogP contribution in [0.2, 0.25) is 19.6 Å². The Labute approximate surface area is 79.4 Å². The first-order valence-electron chi connectivity index (χ1n) is 2.00. The van der Waals surface area contributed by atoms with Crippen LogP contribution in [0.4, 0.5) is 0 Å². The Morgan fingerprint density at radius 2 is 1.38 bits per heavy atom. The average molecular weight is 201 g/mol. The van der Waals surface area contributed by atoms with Crippen molar-refractivity contribution in [3.63, 3.8) is 0 Å². The molecule has 0 bridgehead atoms. The van der Waals surface area contributed by atoms with Crippen LogP contribution in [0.25, 0.3) is 0 Å². The van der Waals surface area contributed by atoms with Gasteiger partial charge in [0.25, 0.3) is 0 Å². The molecule has 0 unspecified atom stereocenters. The van der Waals surface area contributed by atoms with Gasteiger partial charge in [0.05, 0.1) is 8.07 Å². The molecule has 0 aromatic carbocycles. The van der Waals surface area contributed by atoms with Crippen molar-refractivity contribution in [3.8, 4) is 5.54 Å². The van der Waals surface area contributed by atoms with E-state index in [1.807, 2.05) is 0 Å². The van der Waals surface area contributed by atoms with Crippen LogP contribution in [0.15, 0.2) is 0 Å². The SMILES string of the molecule is [Br-].[C-]#C[Si](C)(C)C.[Mg+2]. The van der Waals surface area contributed by atoms with Crippen molar-refractivity contribution in [2.24, 2.45) is 0 Å². The van der Waals surface area contributed by atoms with Gasteiger partial charge >= 0.3 is 23.1 Å². The van der Waals surface area contributed by atoms with E-state index in [2.05, 4.69) is 25.2 Å². The number of hydrogen-bond donors (Lipinski definition) is 0. The van der Waals surface area contributed by atoms with Gasteiger partial charge in [-0.15, -0.1) is 0 Å². The third kappa shape index (κ3) is 15.7. The summed E-state index contributed by atoms with van der Waals surface area (Å²) in [6.07, 6.45) is 6.67. The maximum atomic E-state index is 6.67. The summed E-state index contributed by atoms with van der Waals surface area (Å²) in [7, 11) is -1.21. The zero-order valence-corrected chi connectivity index (χ0v) is 9.59. The van der Waals surface area contributed by atoms with Crippen molar-refractivity contribution in [1.82, 2.24) is 0 Å². The molecule has 8 heavy (non-hydrogen) atoms. The van der Waals surface area contributed by atoms with Crippen LogP contribution in [0.5, 0.6) is 0 Å². The summed E-state index contributed by atoms with van der Waals surface area (Å²) >= 11 is 0. The smallest absolute Gasteiger partial charge is 1.00 e. The number of halogens is 1. The van der Waals surface area contributed by atoms with Crippen molar-refractivity contribution in [2.75, 3.05) is 0 Å². The van der Waals surface area contributed by atoms with E-state index in [1.54, 1.807) is 0 Å². The second-order valence-corrected chi connectivity index (χ2v) is 7.12. The average Bonchev–Trinajstić information content (AvgIpc) is 1.35. The quantitative estimate of drug-likeness (QED) is 0.243. The maximum Gasteiger partial charge on any atom is 2.00 e. The van der Waals surface area contributed by atoms with Gasteiger partial charge < -0.3 is 28.9 Å². The molecule has 0 atom stereocenters.